The van der Waals surface area contributed by atoms with E-state index in [0.29, 0.717) is 38.3 Å². The van der Waals surface area contributed by atoms with Gasteiger partial charge in [-0.15, -0.1) is 35.3 Å². The molecule has 2 aromatic rings. The molecule has 3 rings (SSSR count). The quantitative estimate of drug-likeness (QED) is 0.349. The molecule has 1 aromatic carbocycles. The van der Waals surface area contributed by atoms with Crippen LogP contribution in [0.5, 0.6) is 0 Å². The summed E-state index contributed by atoms with van der Waals surface area (Å²) in [4.78, 5) is 12.1. The van der Waals surface area contributed by atoms with E-state index in [4.69, 9.17) is 4.74 Å². The van der Waals surface area contributed by atoms with Gasteiger partial charge in [0.05, 0.1) is 25.3 Å². The highest BCUT2D eigenvalue weighted by atomic mass is 127. The number of nitrogens with one attached hydrogen (secondary N) is 1. The van der Waals surface area contributed by atoms with Crippen molar-refractivity contribution in [2.24, 2.45) is 4.99 Å². The van der Waals surface area contributed by atoms with E-state index >= 15 is 0 Å². The summed E-state index contributed by atoms with van der Waals surface area (Å²) >= 11 is 1.60. The van der Waals surface area contributed by atoms with Gasteiger partial charge < -0.3 is 15.0 Å². The van der Waals surface area contributed by atoms with Gasteiger partial charge >= 0.3 is 6.18 Å². The molecule has 0 amide bonds. The summed E-state index contributed by atoms with van der Waals surface area (Å²) in [6, 6.07) is 5.33. The van der Waals surface area contributed by atoms with Crippen LogP contribution < -0.4 is 5.32 Å². The smallest absolute Gasteiger partial charge is 0.370 e. The van der Waals surface area contributed by atoms with Crippen LogP contribution in [0.2, 0.25) is 0 Å². The lowest BCUT2D eigenvalue weighted by Crippen LogP contribution is -2.48. The molecule has 1 aliphatic heterocycles. The maximum absolute atomic E-state index is 13.0. The largest absolute Gasteiger partial charge is 0.416 e. The van der Waals surface area contributed by atoms with Crippen molar-refractivity contribution in [3.8, 4) is 0 Å². The molecule has 1 N–H and O–H groups in total. The van der Waals surface area contributed by atoms with Crippen molar-refractivity contribution in [2.75, 3.05) is 26.2 Å². The minimum atomic E-state index is -4.37. The molecule has 2 heterocycles. The van der Waals surface area contributed by atoms with Crippen LogP contribution in [0.25, 0.3) is 0 Å². The fourth-order valence-electron chi connectivity index (χ4n) is 3.00. The normalized spacial score (nSPS) is 17.8. The van der Waals surface area contributed by atoms with Crippen LogP contribution in [0.1, 0.15) is 34.0 Å². The highest BCUT2D eigenvalue weighted by Crippen LogP contribution is 2.32. The number of guanidine groups is 1. The molecule has 1 saturated heterocycles. The monoisotopic (exact) mass is 540 g/mol. The molecule has 1 unspecified atom stereocenters. The predicted molar refractivity (Wildman–Crippen MR) is 119 cm³/mol. The number of ether oxygens (including phenoxy) is 1. The Bertz CT molecular complexity index is 828. The van der Waals surface area contributed by atoms with Crippen molar-refractivity contribution in [1.29, 1.82) is 0 Å². The van der Waals surface area contributed by atoms with Gasteiger partial charge in [-0.3, -0.25) is 0 Å². The SMILES string of the molecule is CCNC(=NCc1ncc(C)s1)N1CCOC(c2cccc(C(F)(F)F)c2)C1.I. The van der Waals surface area contributed by atoms with Crippen LogP contribution in [0.15, 0.2) is 35.5 Å². The molecule has 1 aliphatic rings. The Morgan fingerprint density at radius 1 is 1.41 bits per heavy atom. The summed E-state index contributed by atoms with van der Waals surface area (Å²) in [6.45, 7) is 6.61. The summed E-state index contributed by atoms with van der Waals surface area (Å²) in [5.74, 6) is 0.718. The predicted octanol–water partition coefficient (Wildman–Crippen LogP) is 4.63. The molecule has 5 nitrogen and oxygen atoms in total. The highest BCUT2D eigenvalue weighted by Gasteiger charge is 2.32. The van der Waals surface area contributed by atoms with Gasteiger partial charge in [-0.2, -0.15) is 13.2 Å². The Labute approximate surface area is 189 Å². The summed E-state index contributed by atoms with van der Waals surface area (Å²) in [5, 5.41) is 4.18. The first-order valence-electron chi connectivity index (χ1n) is 9.10. The average molecular weight is 540 g/mol. The number of alkyl halides is 3. The third-order valence-electron chi connectivity index (χ3n) is 4.32. The van der Waals surface area contributed by atoms with Gasteiger partial charge in [0.2, 0.25) is 0 Å². The lowest BCUT2D eigenvalue weighted by atomic mass is 10.0. The maximum Gasteiger partial charge on any atom is 0.416 e. The lowest BCUT2D eigenvalue weighted by Gasteiger charge is -2.35. The molecule has 1 fully saturated rings. The van der Waals surface area contributed by atoms with Gasteiger partial charge in [0.25, 0.3) is 0 Å². The lowest BCUT2D eigenvalue weighted by molar-refractivity contribution is -0.137. The minimum absolute atomic E-state index is 0. The number of aliphatic imine (C=N–C) groups is 1. The molecule has 1 aromatic heterocycles. The molecule has 0 radical (unpaired) electrons. The van der Waals surface area contributed by atoms with Gasteiger partial charge in [-0.05, 0) is 31.5 Å². The van der Waals surface area contributed by atoms with Crippen molar-refractivity contribution < 1.29 is 17.9 Å². The van der Waals surface area contributed by atoms with E-state index in [1.165, 1.54) is 6.07 Å². The van der Waals surface area contributed by atoms with Crippen molar-refractivity contribution in [1.82, 2.24) is 15.2 Å². The van der Waals surface area contributed by atoms with Crippen LogP contribution in [-0.4, -0.2) is 42.1 Å². The summed E-state index contributed by atoms with van der Waals surface area (Å²) in [5.41, 5.74) is -0.142. The van der Waals surface area contributed by atoms with Gasteiger partial charge in [0.15, 0.2) is 5.96 Å². The molecule has 0 spiro atoms. The Morgan fingerprint density at radius 3 is 2.86 bits per heavy atom. The zero-order valence-corrected chi connectivity index (χ0v) is 19.3. The van der Waals surface area contributed by atoms with Crippen LogP contribution >= 0.6 is 35.3 Å². The van der Waals surface area contributed by atoms with E-state index in [1.807, 2.05) is 24.9 Å². The maximum atomic E-state index is 13.0. The third-order valence-corrected chi connectivity index (χ3v) is 5.22. The van der Waals surface area contributed by atoms with E-state index in [1.54, 1.807) is 17.4 Å². The average Bonchev–Trinajstić information content (AvgIpc) is 3.10. The number of nitrogens with zero attached hydrogens (tertiary/aromatic N) is 3. The van der Waals surface area contributed by atoms with Gasteiger partial charge in [-0.1, -0.05) is 12.1 Å². The summed E-state index contributed by atoms with van der Waals surface area (Å²) < 4.78 is 44.8. The van der Waals surface area contributed by atoms with Gasteiger partial charge in [-0.25, -0.2) is 9.98 Å². The number of benzene rings is 1. The number of thiazole rings is 1. The fourth-order valence-corrected chi connectivity index (χ4v) is 3.71. The van der Waals surface area contributed by atoms with Crippen LogP contribution in [-0.2, 0) is 17.5 Å². The van der Waals surface area contributed by atoms with Crippen molar-refractivity contribution in [3.63, 3.8) is 0 Å². The Hall–Kier alpha value is -1.40. The summed E-state index contributed by atoms with van der Waals surface area (Å²) in [7, 11) is 0. The van der Waals surface area contributed by atoms with E-state index in [0.717, 1.165) is 28.0 Å². The number of aryl methyl sites for hydroxylation is 1. The molecule has 0 bridgehead atoms. The Kier molecular flexibility index (Phi) is 8.71. The first kappa shape index (κ1) is 23.9. The second-order valence-corrected chi connectivity index (χ2v) is 7.78. The Balaban J connectivity index is 0.00000300. The zero-order valence-electron chi connectivity index (χ0n) is 16.2. The third kappa shape index (κ3) is 6.54. The number of morpholine rings is 1. The van der Waals surface area contributed by atoms with E-state index in [2.05, 4.69) is 15.3 Å². The fraction of sp³-hybridized carbons (Fsp3) is 0.474. The molecule has 10 heteroatoms. The molecule has 0 aliphatic carbocycles. The number of halogens is 4. The second-order valence-electron chi connectivity index (χ2n) is 6.46. The minimum Gasteiger partial charge on any atom is -0.370 e. The number of rotatable bonds is 4. The first-order valence-corrected chi connectivity index (χ1v) is 9.91. The van der Waals surface area contributed by atoms with Crippen LogP contribution in [0.4, 0.5) is 13.2 Å². The van der Waals surface area contributed by atoms with Crippen LogP contribution in [0.3, 0.4) is 0 Å². The molecule has 160 valence electrons. The van der Waals surface area contributed by atoms with E-state index in [-0.39, 0.29) is 24.0 Å². The first-order chi connectivity index (χ1) is 13.4. The molecule has 1 atom stereocenters. The summed E-state index contributed by atoms with van der Waals surface area (Å²) in [6.07, 6.45) is -2.99. The molecule has 29 heavy (non-hydrogen) atoms. The van der Waals surface area contributed by atoms with E-state index < -0.39 is 17.8 Å². The molecular formula is C19H24F3IN4OS. The molecule has 0 saturated carbocycles. The standard InChI is InChI=1S/C19H23F3N4OS.HI/c1-3-23-18(25-11-17-24-10-13(2)28-17)26-7-8-27-16(12-26)14-5-4-6-15(9-14)19(20,21)22;/h4-6,9-10,16H,3,7-8,11-12H2,1-2H3,(H,23,25);1H. The zero-order chi connectivity index (χ0) is 20.1. The van der Waals surface area contributed by atoms with Crippen molar-refractivity contribution >= 4 is 41.3 Å². The Morgan fingerprint density at radius 2 is 2.21 bits per heavy atom. The molecular weight excluding hydrogens is 516 g/mol. The number of hydrogen-bond donors (Lipinski definition) is 1. The number of aromatic nitrogens is 1. The topological polar surface area (TPSA) is 49.8 Å². The van der Waals surface area contributed by atoms with E-state index in [9.17, 15) is 13.2 Å². The number of hydrogen-bond acceptors (Lipinski definition) is 4. The highest BCUT2D eigenvalue weighted by molar-refractivity contribution is 14.0. The second kappa shape index (κ2) is 10.6. The van der Waals surface area contributed by atoms with Crippen LogP contribution in [0, 0.1) is 6.92 Å². The van der Waals surface area contributed by atoms with Gasteiger partial charge in [0.1, 0.15) is 11.1 Å². The van der Waals surface area contributed by atoms with Crippen molar-refractivity contribution in [2.45, 2.75) is 32.7 Å². The van der Waals surface area contributed by atoms with Gasteiger partial charge in [0, 0.05) is 24.2 Å². The van der Waals surface area contributed by atoms with Crippen molar-refractivity contribution in [3.05, 3.63) is 51.5 Å².